The van der Waals surface area contributed by atoms with Crippen LogP contribution in [-0.4, -0.2) is 37.9 Å². The van der Waals surface area contributed by atoms with Crippen LogP contribution in [0.25, 0.3) is 5.69 Å². The van der Waals surface area contributed by atoms with Gasteiger partial charge in [0.25, 0.3) is 0 Å². The minimum absolute atomic E-state index is 0.169. The molecule has 0 saturated heterocycles. The summed E-state index contributed by atoms with van der Waals surface area (Å²) in [5.41, 5.74) is 4.79. The molecule has 0 aliphatic carbocycles. The fourth-order valence-electron chi connectivity index (χ4n) is 3.67. The second-order valence-corrected chi connectivity index (χ2v) is 7.85. The number of aromatic nitrogens is 4. The maximum Gasteiger partial charge on any atom is 0.191 e. The lowest BCUT2D eigenvalue weighted by molar-refractivity contribution is 0.613. The van der Waals surface area contributed by atoms with E-state index >= 15 is 0 Å². The van der Waals surface area contributed by atoms with Crippen molar-refractivity contribution in [2.45, 2.75) is 53.6 Å². The summed E-state index contributed by atoms with van der Waals surface area (Å²) in [6.07, 6.45) is 4.27. The number of aryl methyl sites for hydroxylation is 3. The highest BCUT2D eigenvalue weighted by molar-refractivity contribution is 5.80. The summed E-state index contributed by atoms with van der Waals surface area (Å²) in [4.78, 5) is 8.81. The Hall–Kier alpha value is -3.16. The lowest BCUT2D eigenvalue weighted by Crippen LogP contribution is -2.43. The molecule has 7 nitrogen and oxygen atoms in total. The Balaban J connectivity index is 1.69. The number of hydrogen-bond donors (Lipinski definition) is 2. The van der Waals surface area contributed by atoms with E-state index in [0.717, 1.165) is 30.0 Å². The van der Waals surface area contributed by atoms with Crippen LogP contribution in [0.15, 0.2) is 35.6 Å². The number of imidazole rings is 1. The predicted octanol–water partition coefficient (Wildman–Crippen LogP) is 3.36. The molecule has 0 bridgehead atoms. The van der Waals surface area contributed by atoms with E-state index in [1.807, 2.05) is 38.6 Å². The molecule has 3 rings (SSSR count). The number of hydrogen-bond acceptors (Lipinski definition) is 3. The summed E-state index contributed by atoms with van der Waals surface area (Å²) in [6, 6.07) is 5.37. The van der Waals surface area contributed by atoms with Gasteiger partial charge in [0, 0.05) is 37.7 Å². The van der Waals surface area contributed by atoms with Crippen molar-refractivity contribution in [3.05, 3.63) is 64.7 Å². The molecule has 1 unspecified atom stereocenters. The predicted molar refractivity (Wildman–Crippen MR) is 122 cm³/mol. The minimum Gasteiger partial charge on any atom is -0.357 e. The molecule has 0 saturated carbocycles. The number of halogens is 1. The van der Waals surface area contributed by atoms with Gasteiger partial charge in [-0.1, -0.05) is 6.07 Å². The van der Waals surface area contributed by atoms with Crippen LogP contribution in [0, 0.1) is 26.6 Å². The van der Waals surface area contributed by atoms with Crippen LogP contribution in [-0.2, 0) is 20.0 Å². The SMILES string of the molecule is CCNC(=NCc1ccc(-n2ccnc2C)c(F)c1)NC(C)Cc1c(C)nn(C)c1C. The van der Waals surface area contributed by atoms with Crippen LogP contribution in [0.3, 0.4) is 0 Å². The average molecular weight is 426 g/mol. The second-order valence-electron chi connectivity index (χ2n) is 7.85. The standard InChI is InChI=1S/C23H32FN7/c1-7-25-23(28-15(2)12-20-16(3)29-30(6)17(20)4)27-14-19-8-9-22(21(24)13-19)31-11-10-26-18(31)5/h8-11,13,15H,7,12,14H2,1-6H3,(H2,25,27,28). The van der Waals surface area contributed by atoms with E-state index in [2.05, 4.69) is 39.6 Å². The van der Waals surface area contributed by atoms with Crippen LogP contribution < -0.4 is 10.6 Å². The van der Waals surface area contributed by atoms with Crippen molar-refractivity contribution in [1.82, 2.24) is 30.0 Å². The molecule has 31 heavy (non-hydrogen) atoms. The van der Waals surface area contributed by atoms with Gasteiger partial charge in [0.2, 0.25) is 0 Å². The molecule has 8 heteroatoms. The van der Waals surface area contributed by atoms with Gasteiger partial charge in [0.05, 0.1) is 17.9 Å². The van der Waals surface area contributed by atoms with E-state index in [4.69, 9.17) is 0 Å². The highest BCUT2D eigenvalue weighted by Gasteiger charge is 2.14. The van der Waals surface area contributed by atoms with Crippen molar-refractivity contribution in [3.63, 3.8) is 0 Å². The number of nitrogens with one attached hydrogen (secondary N) is 2. The Labute approximate surface area is 183 Å². The molecule has 2 heterocycles. The molecule has 0 fully saturated rings. The third-order valence-electron chi connectivity index (χ3n) is 5.41. The maximum atomic E-state index is 14.7. The normalized spacial score (nSPS) is 12.8. The smallest absolute Gasteiger partial charge is 0.191 e. The van der Waals surface area contributed by atoms with Gasteiger partial charge in [-0.2, -0.15) is 5.10 Å². The van der Waals surface area contributed by atoms with Crippen molar-refractivity contribution in [2.75, 3.05) is 6.54 Å². The first-order valence-corrected chi connectivity index (χ1v) is 10.6. The van der Waals surface area contributed by atoms with E-state index in [1.54, 1.807) is 23.0 Å². The van der Waals surface area contributed by atoms with Gasteiger partial charge >= 0.3 is 0 Å². The van der Waals surface area contributed by atoms with E-state index in [0.29, 0.717) is 18.2 Å². The lowest BCUT2D eigenvalue weighted by Gasteiger charge is -2.18. The van der Waals surface area contributed by atoms with E-state index in [-0.39, 0.29) is 11.9 Å². The van der Waals surface area contributed by atoms with Gasteiger partial charge in [-0.3, -0.25) is 4.68 Å². The third-order valence-corrected chi connectivity index (χ3v) is 5.41. The van der Waals surface area contributed by atoms with Crippen LogP contribution in [0.1, 0.15) is 42.2 Å². The molecule has 2 aromatic heterocycles. The Morgan fingerprint density at radius 1 is 1.26 bits per heavy atom. The first kappa shape index (κ1) is 22.5. The second kappa shape index (κ2) is 9.76. The number of benzene rings is 1. The highest BCUT2D eigenvalue weighted by Crippen LogP contribution is 2.17. The van der Waals surface area contributed by atoms with Crippen LogP contribution in [0.2, 0.25) is 0 Å². The van der Waals surface area contributed by atoms with Gasteiger partial charge in [0.1, 0.15) is 11.6 Å². The first-order valence-electron chi connectivity index (χ1n) is 10.6. The number of nitrogens with zero attached hydrogens (tertiary/aromatic N) is 5. The van der Waals surface area contributed by atoms with Gasteiger partial charge < -0.3 is 15.2 Å². The number of aliphatic imine (C=N–C) groups is 1. The number of guanidine groups is 1. The molecule has 2 N–H and O–H groups in total. The van der Waals surface area contributed by atoms with Crippen molar-refractivity contribution >= 4 is 5.96 Å². The van der Waals surface area contributed by atoms with Gasteiger partial charge in [-0.15, -0.1) is 0 Å². The molecular formula is C23H32FN7. The fraction of sp³-hybridized carbons (Fsp3) is 0.435. The van der Waals surface area contributed by atoms with E-state index < -0.39 is 0 Å². The zero-order chi connectivity index (χ0) is 22.5. The van der Waals surface area contributed by atoms with Crippen LogP contribution in [0.5, 0.6) is 0 Å². The average Bonchev–Trinajstić information content (AvgIpc) is 3.24. The highest BCUT2D eigenvalue weighted by atomic mass is 19.1. The summed E-state index contributed by atoms with van der Waals surface area (Å²) in [7, 11) is 1.97. The molecule has 0 aliphatic heterocycles. The van der Waals surface area contributed by atoms with Gasteiger partial charge in [-0.25, -0.2) is 14.4 Å². The van der Waals surface area contributed by atoms with Crippen molar-refractivity contribution in [2.24, 2.45) is 12.0 Å². The summed E-state index contributed by atoms with van der Waals surface area (Å²) in [5.74, 6) is 1.17. The fourth-order valence-corrected chi connectivity index (χ4v) is 3.67. The molecule has 166 valence electrons. The number of rotatable bonds is 7. The first-order chi connectivity index (χ1) is 14.8. The topological polar surface area (TPSA) is 72.1 Å². The summed E-state index contributed by atoms with van der Waals surface area (Å²) in [5, 5.41) is 11.2. The van der Waals surface area contributed by atoms with Crippen molar-refractivity contribution in [3.8, 4) is 5.69 Å². The molecular weight excluding hydrogens is 393 g/mol. The van der Waals surface area contributed by atoms with E-state index in [1.165, 1.54) is 17.3 Å². The monoisotopic (exact) mass is 425 g/mol. The lowest BCUT2D eigenvalue weighted by atomic mass is 10.1. The molecule has 0 radical (unpaired) electrons. The Kier molecular flexibility index (Phi) is 7.09. The largest absolute Gasteiger partial charge is 0.357 e. The quantitative estimate of drug-likeness (QED) is 0.450. The molecule has 0 amide bonds. The molecule has 3 aromatic rings. The molecule has 0 aliphatic rings. The Morgan fingerprint density at radius 3 is 2.61 bits per heavy atom. The zero-order valence-electron chi connectivity index (χ0n) is 19.2. The maximum absolute atomic E-state index is 14.7. The summed E-state index contributed by atoms with van der Waals surface area (Å²) < 4.78 is 18.3. The molecule has 0 spiro atoms. The summed E-state index contributed by atoms with van der Waals surface area (Å²) in [6.45, 7) is 11.3. The van der Waals surface area contributed by atoms with Crippen molar-refractivity contribution < 1.29 is 4.39 Å². The van der Waals surface area contributed by atoms with Crippen molar-refractivity contribution in [1.29, 1.82) is 0 Å². The third kappa shape index (κ3) is 5.31. The van der Waals surface area contributed by atoms with Gasteiger partial charge in [-0.05, 0) is 64.3 Å². The Bertz CT molecular complexity index is 1060. The Morgan fingerprint density at radius 2 is 2.03 bits per heavy atom. The van der Waals surface area contributed by atoms with Crippen LogP contribution >= 0.6 is 0 Å². The minimum atomic E-state index is -0.289. The zero-order valence-corrected chi connectivity index (χ0v) is 19.2. The summed E-state index contributed by atoms with van der Waals surface area (Å²) >= 11 is 0. The van der Waals surface area contributed by atoms with Crippen LogP contribution in [0.4, 0.5) is 4.39 Å². The van der Waals surface area contributed by atoms with E-state index in [9.17, 15) is 4.39 Å². The molecule has 1 atom stereocenters. The molecule has 1 aromatic carbocycles. The van der Waals surface area contributed by atoms with Gasteiger partial charge in [0.15, 0.2) is 5.96 Å².